The maximum Gasteiger partial charge on any atom is 0.197 e. The molecule has 7 heteroatoms. The van der Waals surface area contributed by atoms with Crippen molar-refractivity contribution in [2.24, 2.45) is 7.05 Å². The Bertz CT molecular complexity index is 536. The van der Waals surface area contributed by atoms with Crippen molar-refractivity contribution < 1.29 is 0 Å². The van der Waals surface area contributed by atoms with Crippen LogP contribution in [0.2, 0.25) is 0 Å². The third-order valence-electron chi connectivity index (χ3n) is 2.31. The molecule has 0 spiro atoms. The van der Waals surface area contributed by atoms with E-state index in [4.69, 9.17) is 0 Å². The van der Waals surface area contributed by atoms with Crippen LogP contribution in [0.3, 0.4) is 0 Å². The third kappa shape index (κ3) is 2.38. The molecule has 0 amide bonds. The Labute approximate surface area is 104 Å². The van der Waals surface area contributed by atoms with E-state index in [1.165, 1.54) is 11.8 Å². The highest BCUT2D eigenvalue weighted by Gasteiger charge is 2.12. The molecular formula is C10H14N6S. The van der Waals surface area contributed by atoms with E-state index in [1.54, 1.807) is 6.33 Å². The quantitative estimate of drug-likeness (QED) is 0.831. The van der Waals surface area contributed by atoms with Gasteiger partial charge in [0.15, 0.2) is 5.16 Å². The fourth-order valence-corrected chi connectivity index (χ4v) is 2.28. The number of rotatable bonds is 3. The van der Waals surface area contributed by atoms with Crippen molar-refractivity contribution in [3.05, 3.63) is 17.7 Å². The second kappa shape index (κ2) is 4.70. The van der Waals surface area contributed by atoms with Gasteiger partial charge in [-0.15, -0.1) is 10.2 Å². The van der Waals surface area contributed by atoms with E-state index in [1.807, 2.05) is 32.5 Å². The van der Waals surface area contributed by atoms with Gasteiger partial charge in [-0.3, -0.25) is 0 Å². The van der Waals surface area contributed by atoms with Gasteiger partial charge in [0.1, 0.15) is 23.0 Å². The first kappa shape index (κ1) is 11.8. The topological polar surface area (TPSA) is 68.5 Å². The lowest BCUT2D eigenvalue weighted by atomic mass is 10.3. The molecule has 1 N–H and O–H groups in total. The van der Waals surface area contributed by atoms with Crippen molar-refractivity contribution >= 4 is 17.6 Å². The second-order valence-electron chi connectivity index (χ2n) is 3.63. The zero-order chi connectivity index (χ0) is 12.4. The second-order valence-corrected chi connectivity index (χ2v) is 4.58. The zero-order valence-corrected chi connectivity index (χ0v) is 11.0. The molecule has 6 nitrogen and oxygen atoms in total. The van der Waals surface area contributed by atoms with Crippen LogP contribution in [0.4, 0.5) is 5.82 Å². The average Bonchev–Trinajstić information content (AvgIpc) is 2.69. The van der Waals surface area contributed by atoms with Crippen molar-refractivity contribution in [2.45, 2.75) is 24.0 Å². The van der Waals surface area contributed by atoms with Crippen LogP contribution in [0.25, 0.3) is 0 Å². The molecule has 2 heterocycles. The Kier molecular flexibility index (Phi) is 3.28. The van der Waals surface area contributed by atoms with Crippen LogP contribution in [0.1, 0.15) is 11.4 Å². The number of aromatic nitrogens is 5. The number of hydrogen-bond acceptors (Lipinski definition) is 6. The number of nitrogens with zero attached hydrogens (tertiary/aromatic N) is 5. The molecule has 0 fully saturated rings. The molecule has 0 aliphatic heterocycles. The molecule has 0 radical (unpaired) electrons. The molecule has 2 rings (SSSR count). The fourth-order valence-electron chi connectivity index (χ4n) is 1.40. The highest BCUT2D eigenvalue weighted by molar-refractivity contribution is 7.99. The Morgan fingerprint density at radius 3 is 2.65 bits per heavy atom. The summed E-state index contributed by atoms with van der Waals surface area (Å²) in [5.41, 5.74) is 1.02. The van der Waals surface area contributed by atoms with Gasteiger partial charge in [0.05, 0.1) is 0 Å². The Balaban J connectivity index is 2.39. The maximum absolute atomic E-state index is 4.43. The predicted octanol–water partition coefficient (Wildman–Crippen LogP) is 1.41. The van der Waals surface area contributed by atoms with Crippen molar-refractivity contribution in [1.29, 1.82) is 0 Å². The summed E-state index contributed by atoms with van der Waals surface area (Å²) < 4.78 is 1.86. The lowest BCUT2D eigenvalue weighted by molar-refractivity contribution is 0.785. The Morgan fingerprint density at radius 2 is 2.06 bits per heavy atom. The molecule has 0 aromatic carbocycles. The molecule has 0 atom stereocenters. The SMILES string of the molecule is CNc1nc(C)nc(Sc2nncn2C)c1C. The smallest absolute Gasteiger partial charge is 0.197 e. The first-order valence-electron chi connectivity index (χ1n) is 5.16. The van der Waals surface area contributed by atoms with Crippen molar-refractivity contribution in [1.82, 2.24) is 24.7 Å². The third-order valence-corrected chi connectivity index (χ3v) is 3.45. The highest BCUT2D eigenvalue weighted by atomic mass is 32.2. The van der Waals surface area contributed by atoms with E-state index in [0.717, 1.165) is 27.4 Å². The van der Waals surface area contributed by atoms with Crippen LogP contribution >= 0.6 is 11.8 Å². The summed E-state index contributed by atoms with van der Waals surface area (Å²) in [5.74, 6) is 1.59. The van der Waals surface area contributed by atoms with Crippen LogP contribution in [-0.2, 0) is 7.05 Å². The summed E-state index contributed by atoms with van der Waals surface area (Å²) in [7, 11) is 3.76. The van der Waals surface area contributed by atoms with Crippen molar-refractivity contribution in [2.75, 3.05) is 12.4 Å². The summed E-state index contributed by atoms with van der Waals surface area (Å²) in [6, 6.07) is 0. The van der Waals surface area contributed by atoms with Gasteiger partial charge in [-0.2, -0.15) is 0 Å². The molecule has 2 aromatic rings. The number of hydrogen-bond donors (Lipinski definition) is 1. The number of anilines is 1. The van der Waals surface area contributed by atoms with Crippen LogP contribution in [0, 0.1) is 13.8 Å². The van der Waals surface area contributed by atoms with E-state index in [-0.39, 0.29) is 0 Å². The van der Waals surface area contributed by atoms with E-state index in [0.29, 0.717) is 0 Å². The molecule has 0 aliphatic rings. The van der Waals surface area contributed by atoms with Crippen molar-refractivity contribution in [3.8, 4) is 0 Å². The van der Waals surface area contributed by atoms with Crippen LogP contribution in [0.15, 0.2) is 16.5 Å². The van der Waals surface area contributed by atoms with Crippen LogP contribution < -0.4 is 5.32 Å². The van der Waals surface area contributed by atoms with Gasteiger partial charge < -0.3 is 9.88 Å². The van der Waals surface area contributed by atoms with Crippen molar-refractivity contribution in [3.63, 3.8) is 0 Å². The number of aryl methyl sites for hydroxylation is 2. The predicted molar refractivity (Wildman–Crippen MR) is 66.2 cm³/mol. The molecule has 0 aliphatic carbocycles. The summed E-state index contributed by atoms with van der Waals surface area (Å²) in [6.45, 7) is 3.87. The molecule has 0 saturated carbocycles. The van der Waals surface area contributed by atoms with Gasteiger partial charge in [-0.1, -0.05) is 0 Å². The van der Waals surface area contributed by atoms with E-state index >= 15 is 0 Å². The maximum atomic E-state index is 4.43. The number of nitrogens with one attached hydrogen (secondary N) is 1. The Hall–Kier alpha value is -1.63. The summed E-state index contributed by atoms with van der Waals surface area (Å²) >= 11 is 1.49. The van der Waals surface area contributed by atoms with E-state index < -0.39 is 0 Å². The van der Waals surface area contributed by atoms with E-state index in [2.05, 4.69) is 25.5 Å². The summed E-state index contributed by atoms with van der Waals surface area (Å²) in [5, 5.41) is 12.7. The molecular weight excluding hydrogens is 236 g/mol. The fraction of sp³-hybridized carbons (Fsp3) is 0.400. The minimum absolute atomic E-state index is 0.740. The highest BCUT2D eigenvalue weighted by Crippen LogP contribution is 2.29. The standard InChI is InChI=1S/C10H14N6S/c1-6-8(11-3)13-7(2)14-9(6)17-10-15-12-5-16(10)4/h5H,1-4H3,(H,11,13,14). The van der Waals surface area contributed by atoms with Gasteiger partial charge in [-0.25, -0.2) is 9.97 Å². The summed E-state index contributed by atoms with van der Waals surface area (Å²) in [6.07, 6.45) is 1.67. The first-order chi connectivity index (χ1) is 8.11. The Morgan fingerprint density at radius 1 is 1.29 bits per heavy atom. The molecule has 0 saturated heterocycles. The van der Waals surface area contributed by atoms with Gasteiger partial charge >= 0.3 is 0 Å². The van der Waals surface area contributed by atoms with Gasteiger partial charge in [-0.05, 0) is 25.6 Å². The van der Waals surface area contributed by atoms with Crippen LogP contribution in [0.5, 0.6) is 0 Å². The average molecular weight is 250 g/mol. The normalized spacial score (nSPS) is 10.6. The molecule has 17 heavy (non-hydrogen) atoms. The van der Waals surface area contributed by atoms with E-state index in [9.17, 15) is 0 Å². The monoisotopic (exact) mass is 250 g/mol. The van der Waals surface area contributed by atoms with Gasteiger partial charge in [0.25, 0.3) is 0 Å². The molecule has 0 unspecified atom stereocenters. The zero-order valence-electron chi connectivity index (χ0n) is 10.2. The minimum atomic E-state index is 0.740. The van der Waals surface area contributed by atoms with Crippen LogP contribution in [-0.4, -0.2) is 31.8 Å². The van der Waals surface area contributed by atoms with Gasteiger partial charge in [0.2, 0.25) is 0 Å². The minimum Gasteiger partial charge on any atom is -0.373 e. The lowest BCUT2D eigenvalue weighted by Crippen LogP contribution is -2.02. The lowest BCUT2D eigenvalue weighted by Gasteiger charge is -2.09. The largest absolute Gasteiger partial charge is 0.373 e. The molecule has 90 valence electrons. The van der Waals surface area contributed by atoms with Gasteiger partial charge in [0, 0.05) is 19.7 Å². The molecule has 0 bridgehead atoms. The molecule has 2 aromatic heterocycles. The summed E-state index contributed by atoms with van der Waals surface area (Å²) in [4.78, 5) is 8.75. The first-order valence-corrected chi connectivity index (χ1v) is 5.98.